The number of halogens is 1. The molecular weight excluding hydrogens is 229 g/mol. The average molecular weight is 243 g/mol. The molecule has 0 saturated carbocycles. The molecule has 0 aliphatic heterocycles. The first-order valence-electron chi connectivity index (χ1n) is 5.76. The van der Waals surface area contributed by atoms with Crippen molar-refractivity contribution in [3.8, 4) is 0 Å². The molecule has 0 bridgehead atoms. The summed E-state index contributed by atoms with van der Waals surface area (Å²) in [5.41, 5.74) is 8.03. The normalized spacial score (nSPS) is 10.3. The maximum Gasteiger partial charge on any atom is 0.167 e. The smallest absolute Gasteiger partial charge is 0.167 e. The summed E-state index contributed by atoms with van der Waals surface area (Å²) in [6.45, 7) is 0.410. The van der Waals surface area contributed by atoms with Crippen molar-refractivity contribution >= 4 is 5.78 Å². The molecule has 0 unspecified atom stereocenters. The van der Waals surface area contributed by atoms with Crippen molar-refractivity contribution in [2.24, 2.45) is 5.73 Å². The molecule has 0 aliphatic rings. The van der Waals surface area contributed by atoms with Gasteiger partial charge in [-0.05, 0) is 35.4 Å². The van der Waals surface area contributed by atoms with Crippen LogP contribution in [-0.2, 0) is 13.0 Å². The fourth-order valence-corrected chi connectivity index (χ4v) is 1.84. The van der Waals surface area contributed by atoms with Crippen LogP contribution in [0.4, 0.5) is 4.39 Å². The molecule has 3 heteroatoms. The molecule has 0 amide bonds. The molecule has 0 saturated heterocycles. The molecule has 0 atom stereocenters. The van der Waals surface area contributed by atoms with Gasteiger partial charge in [-0.1, -0.05) is 24.3 Å². The maximum absolute atomic E-state index is 12.8. The zero-order valence-electron chi connectivity index (χ0n) is 9.90. The molecule has 18 heavy (non-hydrogen) atoms. The van der Waals surface area contributed by atoms with Crippen molar-refractivity contribution in [3.63, 3.8) is 0 Å². The van der Waals surface area contributed by atoms with Gasteiger partial charge in [-0.15, -0.1) is 0 Å². The molecule has 0 spiro atoms. The van der Waals surface area contributed by atoms with Crippen molar-refractivity contribution in [2.45, 2.75) is 13.0 Å². The van der Waals surface area contributed by atoms with E-state index in [1.54, 1.807) is 0 Å². The summed E-state index contributed by atoms with van der Waals surface area (Å²) in [6, 6.07) is 13.2. The van der Waals surface area contributed by atoms with Gasteiger partial charge in [0.1, 0.15) is 5.82 Å². The molecule has 0 aromatic heterocycles. The second-order valence-corrected chi connectivity index (χ2v) is 4.08. The highest BCUT2D eigenvalue weighted by molar-refractivity contribution is 5.97. The van der Waals surface area contributed by atoms with Crippen LogP contribution in [0.5, 0.6) is 0 Å². The Hall–Kier alpha value is -2.00. The first-order chi connectivity index (χ1) is 8.70. The molecule has 0 aliphatic carbocycles. The van der Waals surface area contributed by atoms with Gasteiger partial charge in [0.25, 0.3) is 0 Å². The van der Waals surface area contributed by atoms with Gasteiger partial charge in [-0.2, -0.15) is 0 Å². The van der Waals surface area contributed by atoms with Gasteiger partial charge in [-0.3, -0.25) is 4.79 Å². The van der Waals surface area contributed by atoms with Crippen molar-refractivity contribution in [1.82, 2.24) is 0 Å². The highest BCUT2D eigenvalue weighted by Gasteiger charge is 2.09. The third kappa shape index (κ3) is 2.81. The number of nitrogens with two attached hydrogens (primary N) is 1. The van der Waals surface area contributed by atoms with Gasteiger partial charge in [0.15, 0.2) is 5.78 Å². The minimum absolute atomic E-state index is 0.0316. The molecule has 2 aromatic carbocycles. The Morgan fingerprint density at radius 2 is 1.61 bits per heavy atom. The van der Waals surface area contributed by atoms with Gasteiger partial charge >= 0.3 is 0 Å². The second kappa shape index (κ2) is 5.56. The maximum atomic E-state index is 12.8. The molecular formula is C15H14FNO. The number of hydrogen-bond acceptors (Lipinski definition) is 2. The zero-order valence-corrected chi connectivity index (χ0v) is 9.90. The van der Waals surface area contributed by atoms with Gasteiger partial charge in [0, 0.05) is 18.5 Å². The number of Topliss-reactive ketones (excluding diaryl/α,β-unsaturated/α-hetero) is 1. The van der Waals surface area contributed by atoms with Crippen molar-refractivity contribution in [3.05, 3.63) is 71.0 Å². The van der Waals surface area contributed by atoms with Gasteiger partial charge in [0.05, 0.1) is 0 Å². The minimum Gasteiger partial charge on any atom is -0.326 e. The van der Waals surface area contributed by atoms with Crippen LogP contribution in [0.1, 0.15) is 21.5 Å². The average Bonchev–Trinajstić information content (AvgIpc) is 2.40. The number of hydrogen-bond donors (Lipinski definition) is 1. The fraction of sp³-hybridized carbons (Fsp3) is 0.133. The second-order valence-electron chi connectivity index (χ2n) is 4.08. The summed E-state index contributed by atoms with van der Waals surface area (Å²) < 4.78 is 12.8. The summed E-state index contributed by atoms with van der Waals surface area (Å²) in [6.07, 6.45) is 0.291. The van der Waals surface area contributed by atoms with E-state index in [2.05, 4.69) is 0 Å². The Balaban J connectivity index is 2.18. The van der Waals surface area contributed by atoms with Crippen LogP contribution >= 0.6 is 0 Å². The third-order valence-corrected chi connectivity index (χ3v) is 2.86. The van der Waals surface area contributed by atoms with Crippen LogP contribution in [0.15, 0.2) is 48.5 Å². The lowest BCUT2D eigenvalue weighted by Gasteiger charge is -2.06. The molecule has 2 nitrogen and oxygen atoms in total. The largest absolute Gasteiger partial charge is 0.326 e. The molecule has 0 fully saturated rings. The van der Waals surface area contributed by atoms with Crippen LogP contribution in [-0.4, -0.2) is 5.78 Å². The predicted octanol–water partition coefficient (Wildman–Crippen LogP) is 2.71. The van der Waals surface area contributed by atoms with E-state index >= 15 is 0 Å². The van der Waals surface area contributed by atoms with Crippen LogP contribution in [0, 0.1) is 5.82 Å². The SMILES string of the molecule is NCc1ccccc1CC(=O)c1ccc(F)cc1. The van der Waals surface area contributed by atoms with Crippen molar-refractivity contribution < 1.29 is 9.18 Å². The van der Waals surface area contributed by atoms with E-state index < -0.39 is 0 Å². The number of ketones is 1. The zero-order chi connectivity index (χ0) is 13.0. The molecule has 2 rings (SSSR count). The van der Waals surface area contributed by atoms with Crippen LogP contribution in [0.25, 0.3) is 0 Å². The molecule has 0 radical (unpaired) electrons. The van der Waals surface area contributed by atoms with Crippen LogP contribution in [0.2, 0.25) is 0 Å². The van der Waals surface area contributed by atoms with Crippen LogP contribution < -0.4 is 5.73 Å². The Morgan fingerprint density at radius 1 is 1.00 bits per heavy atom. The Labute approximate surface area is 105 Å². The summed E-state index contributed by atoms with van der Waals surface area (Å²) in [5.74, 6) is -0.371. The minimum atomic E-state index is -0.339. The van der Waals surface area contributed by atoms with Crippen molar-refractivity contribution in [2.75, 3.05) is 0 Å². The molecule has 2 N–H and O–H groups in total. The number of carbonyl (C=O) groups is 1. The van der Waals surface area contributed by atoms with E-state index in [9.17, 15) is 9.18 Å². The number of benzene rings is 2. The lowest BCUT2D eigenvalue weighted by molar-refractivity contribution is 0.0992. The highest BCUT2D eigenvalue weighted by atomic mass is 19.1. The summed E-state index contributed by atoms with van der Waals surface area (Å²) >= 11 is 0. The fourth-order valence-electron chi connectivity index (χ4n) is 1.84. The quantitative estimate of drug-likeness (QED) is 0.839. The lowest BCUT2D eigenvalue weighted by atomic mass is 9.99. The van der Waals surface area contributed by atoms with Crippen LogP contribution in [0.3, 0.4) is 0 Å². The Morgan fingerprint density at radius 3 is 2.22 bits per heavy atom. The predicted molar refractivity (Wildman–Crippen MR) is 68.8 cm³/mol. The summed E-state index contributed by atoms with van der Waals surface area (Å²) in [4.78, 5) is 12.0. The lowest BCUT2D eigenvalue weighted by Crippen LogP contribution is -2.08. The first-order valence-corrected chi connectivity index (χ1v) is 5.76. The Bertz CT molecular complexity index is 549. The van der Waals surface area contributed by atoms with Gasteiger partial charge in [0.2, 0.25) is 0 Å². The number of carbonyl (C=O) groups excluding carboxylic acids is 1. The van der Waals surface area contributed by atoms with E-state index in [4.69, 9.17) is 5.73 Å². The Kier molecular flexibility index (Phi) is 3.85. The first kappa shape index (κ1) is 12.5. The summed E-state index contributed by atoms with van der Waals surface area (Å²) in [5, 5.41) is 0. The highest BCUT2D eigenvalue weighted by Crippen LogP contribution is 2.12. The van der Waals surface area contributed by atoms with E-state index in [1.165, 1.54) is 24.3 Å². The van der Waals surface area contributed by atoms with Crippen molar-refractivity contribution in [1.29, 1.82) is 0 Å². The third-order valence-electron chi connectivity index (χ3n) is 2.86. The van der Waals surface area contributed by atoms with Gasteiger partial charge < -0.3 is 5.73 Å². The molecule has 92 valence electrons. The number of rotatable bonds is 4. The van der Waals surface area contributed by atoms with E-state index in [1.807, 2.05) is 24.3 Å². The standard InChI is InChI=1S/C15H14FNO/c16-14-7-5-11(6-8-14)15(18)9-12-3-1-2-4-13(12)10-17/h1-8H,9-10,17H2. The van der Waals surface area contributed by atoms with Gasteiger partial charge in [-0.25, -0.2) is 4.39 Å². The molecule has 0 heterocycles. The van der Waals surface area contributed by atoms with E-state index in [0.29, 0.717) is 18.5 Å². The van der Waals surface area contributed by atoms with E-state index in [-0.39, 0.29) is 11.6 Å². The van der Waals surface area contributed by atoms with E-state index in [0.717, 1.165) is 11.1 Å². The topological polar surface area (TPSA) is 43.1 Å². The monoisotopic (exact) mass is 243 g/mol. The molecule has 2 aromatic rings. The summed E-state index contributed by atoms with van der Waals surface area (Å²) in [7, 11) is 0.